The fraction of sp³-hybridized carbons (Fsp3) is 0.250. The van der Waals surface area contributed by atoms with Gasteiger partial charge in [-0.1, -0.05) is 0 Å². The molecule has 0 atom stereocenters. The monoisotopic (exact) mass is 196 g/mol. The summed E-state index contributed by atoms with van der Waals surface area (Å²) in [6, 6.07) is 0. The van der Waals surface area contributed by atoms with E-state index in [2.05, 4.69) is 0 Å². The lowest BCUT2D eigenvalue weighted by Crippen LogP contribution is -2.24. The molecule has 1 saturated heterocycles. The minimum Gasteiger partial charge on any atom is -0.396 e. The summed E-state index contributed by atoms with van der Waals surface area (Å²) < 4.78 is 0. The van der Waals surface area contributed by atoms with Gasteiger partial charge in [0, 0.05) is 10.8 Å². The van der Waals surface area contributed by atoms with Crippen LogP contribution in [0.3, 0.4) is 0 Å². The molecule has 2 rings (SSSR count). The van der Waals surface area contributed by atoms with Crippen LogP contribution in [-0.2, 0) is 9.59 Å². The van der Waals surface area contributed by atoms with E-state index in [9.17, 15) is 9.59 Å². The van der Waals surface area contributed by atoms with Gasteiger partial charge in [-0.25, -0.2) is 0 Å². The molecule has 4 nitrogen and oxygen atoms in total. The molecule has 13 heavy (non-hydrogen) atoms. The summed E-state index contributed by atoms with van der Waals surface area (Å²) in [6.45, 7) is 0.166. The van der Waals surface area contributed by atoms with Crippen LogP contribution in [0.15, 0.2) is 10.8 Å². The van der Waals surface area contributed by atoms with Crippen molar-refractivity contribution in [3.05, 3.63) is 10.8 Å². The van der Waals surface area contributed by atoms with Crippen molar-refractivity contribution >= 4 is 34.4 Å². The SMILES string of the molecule is Nc1cscc1N1CC(=O)CC1=O. The van der Waals surface area contributed by atoms with Crippen molar-refractivity contribution in [1.29, 1.82) is 0 Å². The average Bonchev–Trinajstić information content (AvgIpc) is 2.58. The number of nitrogens with two attached hydrogens (primary N) is 1. The number of nitrogen functional groups attached to an aromatic ring is 1. The molecule has 2 heterocycles. The van der Waals surface area contributed by atoms with Crippen molar-refractivity contribution in [2.75, 3.05) is 17.2 Å². The zero-order valence-electron chi connectivity index (χ0n) is 6.82. The minimum atomic E-state index is -0.157. The third-order valence-corrected chi connectivity index (χ3v) is 2.69. The Morgan fingerprint density at radius 2 is 2.15 bits per heavy atom. The lowest BCUT2D eigenvalue weighted by atomic mass is 10.3. The zero-order valence-corrected chi connectivity index (χ0v) is 7.63. The van der Waals surface area contributed by atoms with E-state index in [1.807, 2.05) is 0 Å². The smallest absolute Gasteiger partial charge is 0.235 e. The maximum atomic E-state index is 11.3. The molecule has 1 aromatic rings. The molecule has 0 bridgehead atoms. The number of thiophene rings is 1. The topological polar surface area (TPSA) is 63.4 Å². The molecule has 1 aliphatic heterocycles. The van der Waals surface area contributed by atoms with Gasteiger partial charge in [0.25, 0.3) is 0 Å². The zero-order chi connectivity index (χ0) is 9.42. The van der Waals surface area contributed by atoms with Crippen molar-refractivity contribution in [3.63, 3.8) is 0 Å². The first-order valence-electron chi connectivity index (χ1n) is 3.82. The minimum absolute atomic E-state index is 0.00921. The van der Waals surface area contributed by atoms with Gasteiger partial charge in [-0.15, -0.1) is 11.3 Å². The Bertz CT molecular complexity index is 372. The van der Waals surface area contributed by atoms with Crippen LogP contribution in [0.1, 0.15) is 6.42 Å². The van der Waals surface area contributed by atoms with Crippen LogP contribution in [0.2, 0.25) is 0 Å². The van der Waals surface area contributed by atoms with Gasteiger partial charge >= 0.3 is 0 Å². The lowest BCUT2D eigenvalue weighted by Gasteiger charge is -2.12. The second-order valence-electron chi connectivity index (χ2n) is 2.91. The normalized spacial score (nSPS) is 17.1. The number of amides is 1. The molecule has 1 fully saturated rings. The Balaban J connectivity index is 2.32. The molecular weight excluding hydrogens is 188 g/mol. The first-order chi connectivity index (χ1) is 6.18. The molecule has 68 valence electrons. The largest absolute Gasteiger partial charge is 0.396 e. The van der Waals surface area contributed by atoms with Gasteiger partial charge in [0.15, 0.2) is 5.78 Å². The van der Waals surface area contributed by atoms with E-state index in [4.69, 9.17) is 5.73 Å². The Labute approximate surface area is 78.9 Å². The van der Waals surface area contributed by atoms with Crippen LogP contribution < -0.4 is 10.6 Å². The molecule has 1 aromatic heterocycles. The fourth-order valence-electron chi connectivity index (χ4n) is 1.32. The standard InChI is InChI=1S/C8H8N2O2S/c9-6-3-13-4-7(6)10-2-5(11)1-8(10)12/h3-4H,1-2,9H2. The predicted octanol–water partition coefficient (Wildman–Crippen LogP) is 0.636. The number of rotatable bonds is 1. The third kappa shape index (κ3) is 1.31. The van der Waals surface area contributed by atoms with E-state index in [-0.39, 0.29) is 24.7 Å². The maximum absolute atomic E-state index is 11.3. The number of hydrogen-bond donors (Lipinski definition) is 1. The van der Waals surface area contributed by atoms with Crippen LogP contribution in [0.5, 0.6) is 0 Å². The first kappa shape index (κ1) is 8.25. The van der Waals surface area contributed by atoms with Crippen molar-refractivity contribution in [2.45, 2.75) is 6.42 Å². The molecule has 5 heteroatoms. The van der Waals surface area contributed by atoms with Crippen LogP contribution in [0, 0.1) is 0 Å². The molecule has 0 saturated carbocycles. The number of anilines is 2. The summed E-state index contributed by atoms with van der Waals surface area (Å²) in [4.78, 5) is 23.7. The van der Waals surface area contributed by atoms with Gasteiger partial charge in [-0.3, -0.25) is 9.59 Å². The molecule has 1 aliphatic rings. The van der Waals surface area contributed by atoms with Crippen molar-refractivity contribution < 1.29 is 9.59 Å². The van der Waals surface area contributed by atoms with Gasteiger partial charge in [0.05, 0.1) is 24.3 Å². The van der Waals surface area contributed by atoms with E-state index < -0.39 is 0 Å². The summed E-state index contributed by atoms with van der Waals surface area (Å²) in [5, 5.41) is 3.54. The quantitative estimate of drug-likeness (QED) is 0.670. The van der Waals surface area contributed by atoms with Gasteiger partial charge in [0.1, 0.15) is 0 Å². The Morgan fingerprint density at radius 1 is 1.38 bits per heavy atom. The number of carbonyl (C=O) groups excluding carboxylic acids is 2. The summed E-state index contributed by atoms with van der Waals surface area (Å²) >= 11 is 1.43. The fourth-order valence-corrected chi connectivity index (χ4v) is 2.05. The van der Waals surface area contributed by atoms with E-state index in [0.29, 0.717) is 11.4 Å². The number of ketones is 1. The summed E-state index contributed by atoms with van der Waals surface area (Å²) in [5.74, 6) is -0.203. The van der Waals surface area contributed by atoms with Gasteiger partial charge in [0.2, 0.25) is 5.91 Å². The van der Waals surface area contributed by atoms with E-state index in [0.717, 1.165) is 0 Å². The van der Waals surface area contributed by atoms with E-state index in [1.165, 1.54) is 16.2 Å². The van der Waals surface area contributed by atoms with Crippen LogP contribution >= 0.6 is 11.3 Å². The Morgan fingerprint density at radius 3 is 2.62 bits per heavy atom. The Kier molecular flexibility index (Phi) is 1.81. The van der Waals surface area contributed by atoms with Crippen LogP contribution in [-0.4, -0.2) is 18.2 Å². The maximum Gasteiger partial charge on any atom is 0.235 e. The number of Topliss-reactive ketones (excluding diaryl/α,β-unsaturated/α-hetero) is 1. The third-order valence-electron chi connectivity index (χ3n) is 1.95. The summed E-state index contributed by atoms with van der Waals surface area (Å²) in [7, 11) is 0. The van der Waals surface area contributed by atoms with Crippen molar-refractivity contribution in [2.24, 2.45) is 0 Å². The molecule has 0 radical (unpaired) electrons. The Hall–Kier alpha value is -1.36. The molecular formula is C8H8N2O2S. The highest BCUT2D eigenvalue weighted by Crippen LogP contribution is 2.29. The van der Waals surface area contributed by atoms with Gasteiger partial charge < -0.3 is 10.6 Å². The molecule has 0 aromatic carbocycles. The summed E-state index contributed by atoms with van der Waals surface area (Å²) in [5.41, 5.74) is 6.86. The first-order valence-corrected chi connectivity index (χ1v) is 4.76. The second-order valence-corrected chi connectivity index (χ2v) is 3.65. The predicted molar refractivity (Wildman–Crippen MR) is 50.7 cm³/mol. The number of hydrogen-bond acceptors (Lipinski definition) is 4. The highest BCUT2D eigenvalue weighted by Gasteiger charge is 2.29. The average molecular weight is 196 g/mol. The van der Waals surface area contributed by atoms with Gasteiger partial charge in [-0.2, -0.15) is 0 Å². The lowest BCUT2D eigenvalue weighted by molar-refractivity contribution is -0.121. The molecule has 0 unspecified atom stereocenters. The van der Waals surface area contributed by atoms with Gasteiger partial charge in [-0.05, 0) is 0 Å². The highest BCUT2D eigenvalue weighted by atomic mass is 32.1. The number of nitrogens with zero attached hydrogens (tertiary/aromatic N) is 1. The van der Waals surface area contributed by atoms with Crippen LogP contribution in [0.4, 0.5) is 11.4 Å². The van der Waals surface area contributed by atoms with E-state index in [1.54, 1.807) is 10.8 Å². The summed E-state index contributed by atoms with van der Waals surface area (Å²) in [6.07, 6.45) is 0.00921. The highest BCUT2D eigenvalue weighted by molar-refractivity contribution is 7.09. The van der Waals surface area contributed by atoms with Crippen molar-refractivity contribution in [3.8, 4) is 0 Å². The van der Waals surface area contributed by atoms with E-state index >= 15 is 0 Å². The van der Waals surface area contributed by atoms with Crippen molar-refractivity contribution in [1.82, 2.24) is 0 Å². The molecule has 2 N–H and O–H groups in total. The van der Waals surface area contributed by atoms with Crippen LogP contribution in [0.25, 0.3) is 0 Å². The number of carbonyl (C=O) groups is 2. The second kappa shape index (κ2) is 2.85. The molecule has 0 spiro atoms. The molecule has 0 aliphatic carbocycles. The molecule has 1 amide bonds.